The number of nitrogens with one attached hydrogen (secondary N) is 2. The summed E-state index contributed by atoms with van der Waals surface area (Å²) >= 11 is 3.58. The average Bonchev–Trinajstić information content (AvgIpc) is 2.91. The summed E-state index contributed by atoms with van der Waals surface area (Å²) in [5, 5.41) is 7.23. The number of halogens is 1. The highest BCUT2D eigenvalue weighted by Crippen LogP contribution is 2.44. The molecule has 0 bridgehead atoms. The highest BCUT2D eigenvalue weighted by Gasteiger charge is 2.36. The third-order valence-corrected chi connectivity index (χ3v) is 6.53. The number of benzene rings is 3. The number of anilines is 2. The van der Waals surface area contributed by atoms with E-state index in [1.807, 2.05) is 24.3 Å². The second kappa shape index (κ2) is 7.77. The number of carbonyl (C=O) groups excluding carboxylic acids is 1. The summed E-state index contributed by atoms with van der Waals surface area (Å²) in [5.74, 6) is 0.400. The molecule has 3 aromatic rings. The third kappa shape index (κ3) is 3.56. The van der Waals surface area contributed by atoms with Crippen LogP contribution in [-0.2, 0) is 4.79 Å². The Morgan fingerprint density at radius 2 is 1.63 bits per heavy atom. The van der Waals surface area contributed by atoms with Crippen molar-refractivity contribution < 1.29 is 4.79 Å². The lowest BCUT2D eigenvalue weighted by Gasteiger charge is -2.30. The predicted molar refractivity (Wildman–Crippen MR) is 126 cm³/mol. The molecule has 4 heteroatoms. The summed E-state index contributed by atoms with van der Waals surface area (Å²) in [7, 11) is 0. The SMILES string of the molecule is Cc1ccc([C@@H]2CC(=O)C3=C(C2)Nc2ccccc2N[C@H]3c2cccc(Br)c2)cc1. The van der Waals surface area contributed by atoms with Crippen molar-refractivity contribution in [2.75, 3.05) is 10.6 Å². The van der Waals surface area contributed by atoms with Crippen LogP contribution in [0.25, 0.3) is 0 Å². The molecule has 0 unspecified atom stereocenters. The first-order valence-corrected chi connectivity index (χ1v) is 11.1. The molecule has 30 heavy (non-hydrogen) atoms. The Hall–Kier alpha value is -2.85. The van der Waals surface area contributed by atoms with Crippen LogP contribution < -0.4 is 10.6 Å². The van der Waals surface area contributed by atoms with Crippen LogP contribution in [0.5, 0.6) is 0 Å². The summed E-state index contributed by atoms with van der Waals surface area (Å²) in [5.41, 5.74) is 7.45. The van der Waals surface area contributed by atoms with Crippen LogP contribution in [0.4, 0.5) is 11.4 Å². The number of hydrogen-bond donors (Lipinski definition) is 2. The van der Waals surface area contributed by atoms with E-state index in [0.717, 1.165) is 39.1 Å². The van der Waals surface area contributed by atoms with Gasteiger partial charge < -0.3 is 10.6 Å². The van der Waals surface area contributed by atoms with Gasteiger partial charge in [0.05, 0.1) is 17.4 Å². The smallest absolute Gasteiger partial charge is 0.163 e. The molecule has 1 aliphatic heterocycles. The Bertz CT molecular complexity index is 1150. The van der Waals surface area contributed by atoms with Gasteiger partial charge in [-0.3, -0.25) is 4.79 Å². The zero-order valence-corrected chi connectivity index (χ0v) is 18.4. The molecule has 0 spiro atoms. The van der Waals surface area contributed by atoms with Crippen LogP contribution in [0, 0.1) is 6.92 Å². The summed E-state index contributed by atoms with van der Waals surface area (Å²) in [4.78, 5) is 13.5. The Kier molecular flexibility index (Phi) is 4.95. The molecule has 1 aliphatic carbocycles. The fourth-order valence-electron chi connectivity index (χ4n) is 4.50. The number of para-hydroxylation sites is 2. The monoisotopic (exact) mass is 458 g/mol. The largest absolute Gasteiger partial charge is 0.372 e. The van der Waals surface area contributed by atoms with E-state index in [2.05, 4.69) is 82.0 Å². The number of rotatable bonds is 2. The maximum atomic E-state index is 13.5. The van der Waals surface area contributed by atoms with Crippen LogP contribution in [0.2, 0.25) is 0 Å². The van der Waals surface area contributed by atoms with Gasteiger partial charge in [-0.05, 0) is 54.7 Å². The molecule has 0 amide bonds. The van der Waals surface area contributed by atoms with Crippen LogP contribution in [0.15, 0.2) is 88.5 Å². The lowest BCUT2D eigenvalue weighted by atomic mass is 9.78. The van der Waals surface area contributed by atoms with Gasteiger partial charge in [-0.25, -0.2) is 0 Å². The van der Waals surface area contributed by atoms with E-state index in [9.17, 15) is 4.79 Å². The standard InChI is InChI=1S/C26H23BrN2O/c1-16-9-11-17(12-10-16)19-14-23-25(24(30)15-19)26(18-5-4-6-20(27)13-18)29-22-8-3-2-7-21(22)28-23/h2-13,19,26,28-29H,14-15H2,1H3/t19-,26-/m0/s1. The molecule has 5 rings (SSSR count). The molecular weight excluding hydrogens is 436 g/mol. The first-order chi connectivity index (χ1) is 14.6. The molecule has 0 saturated carbocycles. The van der Waals surface area contributed by atoms with E-state index in [1.54, 1.807) is 0 Å². The van der Waals surface area contributed by atoms with Gasteiger partial charge in [-0.15, -0.1) is 0 Å². The zero-order chi connectivity index (χ0) is 20.7. The topological polar surface area (TPSA) is 41.1 Å². The van der Waals surface area contributed by atoms with Gasteiger partial charge >= 0.3 is 0 Å². The number of allylic oxidation sites excluding steroid dienone is 1. The van der Waals surface area contributed by atoms with E-state index < -0.39 is 0 Å². The molecule has 2 N–H and O–H groups in total. The van der Waals surface area contributed by atoms with E-state index >= 15 is 0 Å². The lowest BCUT2D eigenvalue weighted by molar-refractivity contribution is -0.116. The van der Waals surface area contributed by atoms with Crippen molar-refractivity contribution >= 4 is 33.1 Å². The number of Topliss-reactive ketones (excluding diaryl/α,β-unsaturated/α-hetero) is 1. The van der Waals surface area contributed by atoms with Crippen molar-refractivity contribution in [3.8, 4) is 0 Å². The van der Waals surface area contributed by atoms with Crippen LogP contribution in [-0.4, -0.2) is 5.78 Å². The minimum atomic E-state index is -0.180. The first kappa shape index (κ1) is 19.1. The molecule has 150 valence electrons. The Morgan fingerprint density at radius 3 is 2.40 bits per heavy atom. The molecule has 0 saturated heterocycles. The van der Waals surface area contributed by atoms with Gasteiger partial charge in [0.15, 0.2) is 5.78 Å². The van der Waals surface area contributed by atoms with E-state index in [0.29, 0.717) is 6.42 Å². The molecule has 3 nitrogen and oxygen atoms in total. The van der Waals surface area contributed by atoms with E-state index in [-0.39, 0.29) is 17.7 Å². The van der Waals surface area contributed by atoms with Gasteiger partial charge in [0, 0.05) is 22.2 Å². The molecule has 0 radical (unpaired) electrons. The van der Waals surface area contributed by atoms with Crippen LogP contribution in [0.1, 0.15) is 41.5 Å². The summed E-state index contributed by atoms with van der Waals surface area (Å²) < 4.78 is 1.01. The van der Waals surface area contributed by atoms with Crippen LogP contribution >= 0.6 is 15.9 Å². The van der Waals surface area contributed by atoms with E-state index in [1.165, 1.54) is 11.1 Å². The average molecular weight is 459 g/mol. The van der Waals surface area contributed by atoms with Crippen molar-refractivity contribution in [1.29, 1.82) is 0 Å². The molecule has 2 aliphatic rings. The molecule has 3 aromatic carbocycles. The predicted octanol–water partition coefficient (Wildman–Crippen LogP) is 6.74. The molecular formula is C26H23BrN2O. The fraction of sp³-hybridized carbons (Fsp3) is 0.192. The maximum Gasteiger partial charge on any atom is 0.163 e. The number of fused-ring (bicyclic) bond motifs is 1. The Morgan fingerprint density at radius 1 is 0.867 bits per heavy atom. The number of hydrogen-bond acceptors (Lipinski definition) is 3. The Balaban J connectivity index is 1.61. The molecule has 1 heterocycles. The minimum Gasteiger partial charge on any atom is -0.372 e. The quantitative estimate of drug-likeness (QED) is 0.446. The van der Waals surface area contributed by atoms with Crippen molar-refractivity contribution in [1.82, 2.24) is 0 Å². The van der Waals surface area contributed by atoms with Crippen molar-refractivity contribution in [2.45, 2.75) is 31.7 Å². The van der Waals surface area contributed by atoms with Gasteiger partial charge in [0.2, 0.25) is 0 Å². The first-order valence-electron chi connectivity index (χ1n) is 10.3. The van der Waals surface area contributed by atoms with E-state index in [4.69, 9.17) is 0 Å². The van der Waals surface area contributed by atoms with Crippen molar-refractivity contribution in [3.63, 3.8) is 0 Å². The summed E-state index contributed by atoms with van der Waals surface area (Å²) in [6.07, 6.45) is 1.36. The highest BCUT2D eigenvalue weighted by molar-refractivity contribution is 9.10. The summed E-state index contributed by atoms with van der Waals surface area (Å²) in [6, 6.07) is 24.8. The fourth-order valence-corrected chi connectivity index (χ4v) is 4.92. The third-order valence-electron chi connectivity index (χ3n) is 6.04. The van der Waals surface area contributed by atoms with Gasteiger partial charge in [-0.2, -0.15) is 0 Å². The van der Waals surface area contributed by atoms with Gasteiger partial charge in [0.25, 0.3) is 0 Å². The number of aryl methyl sites for hydroxylation is 1. The number of ketones is 1. The normalized spacial score (nSPS) is 20.5. The van der Waals surface area contributed by atoms with Gasteiger partial charge in [-0.1, -0.05) is 70.0 Å². The van der Waals surface area contributed by atoms with Crippen molar-refractivity contribution in [3.05, 3.63) is 105 Å². The molecule has 2 atom stereocenters. The lowest BCUT2D eigenvalue weighted by Crippen LogP contribution is -2.26. The summed E-state index contributed by atoms with van der Waals surface area (Å²) in [6.45, 7) is 2.09. The maximum absolute atomic E-state index is 13.5. The Labute approximate surface area is 185 Å². The molecule has 0 aromatic heterocycles. The zero-order valence-electron chi connectivity index (χ0n) is 16.8. The minimum absolute atomic E-state index is 0.180. The number of carbonyl (C=O) groups is 1. The van der Waals surface area contributed by atoms with Gasteiger partial charge in [0.1, 0.15) is 0 Å². The second-order valence-corrected chi connectivity index (χ2v) is 9.05. The molecule has 0 fully saturated rings. The van der Waals surface area contributed by atoms with Crippen LogP contribution in [0.3, 0.4) is 0 Å². The van der Waals surface area contributed by atoms with Crippen molar-refractivity contribution in [2.24, 2.45) is 0 Å². The second-order valence-electron chi connectivity index (χ2n) is 8.13. The highest BCUT2D eigenvalue weighted by atomic mass is 79.9.